The molecule has 2 aliphatic heterocycles. The molecule has 0 aliphatic carbocycles. The number of nitrogens with one attached hydrogen (secondary N) is 1. The molecule has 14 heavy (non-hydrogen) atoms. The summed E-state index contributed by atoms with van der Waals surface area (Å²) in [4.78, 5) is 2.62. The highest BCUT2D eigenvalue weighted by Crippen LogP contribution is 2.19. The van der Waals surface area contributed by atoms with Crippen LogP contribution in [0.4, 0.5) is 0 Å². The molecule has 3 heteroatoms. The summed E-state index contributed by atoms with van der Waals surface area (Å²) in [6.45, 7) is 6.05. The second-order valence-corrected chi connectivity index (χ2v) is 5.54. The number of hydrogen-bond acceptors (Lipinski definition) is 3. The van der Waals surface area contributed by atoms with E-state index in [1.54, 1.807) is 0 Å². The maximum atomic E-state index is 3.73. The molecule has 0 saturated carbocycles. The lowest BCUT2D eigenvalue weighted by Gasteiger charge is -2.24. The molecular weight excluding hydrogens is 192 g/mol. The first kappa shape index (κ1) is 10.8. The standard InChI is InChI=1S/C11H22N2S/c1-2-13-6-3-4-11(13)8-12-10-5-7-14-9-10/h10-12H,2-9H2,1H3/t10-,11+/m1/s1. The monoisotopic (exact) mass is 214 g/mol. The number of nitrogens with zero attached hydrogens (tertiary/aromatic N) is 1. The van der Waals surface area contributed by atoms with Gasteiger partial charge in [0.1, 0.15) is 0 Å². The van der Waals surface area contributed by atoms with Gasteiger partial charge in [0.15, 0.2) is 0 Å². The predicted octanol–water partition coefficient (Wildman–Crippen LogP) is 1.57. The Morgan fingerprint density at radius 2 is 2.36 bits per heavy atom. The Balaban J connectivity index is 1.68. The van der Waals surface area contributed by atoms with Gasteiger partial charge in [0.05, 0.1) is 0 Å². The molecule has 2 fully saturated rings. The van der Waals surface area contributed by atoms with Crippen LogP contribution in [0, 0.1) is 0 Å². The summed E-state index contributed by atoms with van der Waals surface area (Å²) in [5, 5.41) is 3.73. The van der Waals surface area contributed by atoms with Gasteiger partial charge in [-0.25, -0.2) is 0 Å². The van der Waals surface area contributed by atoms with Crippen LogP contribution in [0.5, 0.6) is 0 Å². The molecule has 0 aromatic heterocycles. The van der Waals surface area contributed by atoms with Crippen LogP contribution < -0.4 is 5.32 Å². The molecular formula is C11H22N2S. The molecule has 2 rings (SSSR count). The minimum Gasteiger partial charge on any atom is -0.312 e. The molecule has 2 aliphatic rings. The van der Waals surface area contributed by atoms with Gasteiger partial charge in [0.2, 0.25) is 0 Å². The smallest absolute Gasteiger partial charge is 0.0221 e. The first-order chi connectivity index (χ1) is 6.90. The van der Waals surface area contributed by atoms with Gasteiger partial charge in [0, 0.05) is 24.4 Å². The second kappa shape index (κ2) is 5.38. The Morgan fingerprint density at radius 3 is 3.07 bits per heavy atom. The average molecular weight is 214 g/mol. The van der Waals surface area contributed by atoms with Crippen molar-refractivity contribution in [2.75, 3.05) is 31.1 Å². The zero-order valence-electron chi connectivity index (χ0n) is 9.17. The van der Waals surface area contributed by atoms with E-state index in [1.165, 1.54) is 50.4 Å². The third-order valence-electron chi connectivity index (χ3n) is 3.48. The Labute approximate surface area is 91.8 Å². The molecule has 0 aromatic carbocycles. The van der Waals surface area contributed by atoms with Crippen LogP contribution in [-0.2, 0) is 0 Å². The van der Waals surface area contributed by atoms with Crippen LogP contribution in [0.15, 0.2) is 0 Å². The normalized spacial score (nSPS) is 34.1. The summed E-state index contributed by atoms with van der Waals surface area (Å²) >= 11 is 2.10. The van der Waals surface area contributed by atoms with Gasteiger partial charge in [-0.15, -0.1) is 0 Å². The van der Waals surface area contributed by atoms with Crippen molar-refractivity contribution in [1.29, 1.82) is 0 Å². The Hall–Kier alpha value is 0.270. The SMILES string of the molecule is CCN1CCC[C@H]1CN[C@@H]1CCSC1. The molecule has 0 amide bonds. The molecule has 0 radical (unpaired) electrons. The molecule has 2 atom stereocenters. The lowest BCUT2D eigenvalue weighted by molar-refractivity contribution is 0.255. The fourth-order valence-corrected chi connectivity index (χ4v) is 3.73. The van der Waals surface area contributed by atoms with E-state index in [-0.39, 0.29) is 0 Å². The minimum absolute atomic E-state index is 0.805. The highest BCUT2D eigenvalue weighted by Gasteiger charge is 2.24. The van der Waals surface area contributed by atoms with Crippen LogP contribution in [-0.4, -0.2) is 48.1 Å². The summed E-state index contributed by atoms with van der Waals surface area (Å²) in [5.41, 5.74) is 0. The molecule has 0 bridgehead atoms. The van der Waals surface area contributed by atoms with E-state index >= 15 is 0 Å². The quantitative estimate of drug-likeness (QED) is 0.765. The van der Waals surface area contributed by atoms with Crippen molar-refractivity contribution < 1.29 is 0 Å². The van der Waals surface area contributed by atoms with Gasteiger partial charge in [-0.2, -0.15) is 11.8 Å². The number of thioether (sulfide) groups is 1. The van der Waals surface area contributed by atoms with Crippen molar-refractivity contribution in [3.63, 3.8) is 0 Å². The fourth-order valence-electron chi connectivity index (χ4n) is 2.54. The van der Waals surface area contributed by atoms with Crippen molar-refractivity contribution >= 4 is 11.8 Å². The maximum Gasteiger partial charge on any atom is 0.0221 e. The van der Waals surface area contributed by atoms with E-state index in [0.29, 0.717) is 0 Å². The van der Waals surface area contributed by atoms with Gasteiger partial charge in [0.25, 0.3) is 0 Å². The molecule has 0 aromatic rings. The van der Waals surface area contributed by atoms with Crippen molar-refractivity contribution in [3.8, 4) is 0 Å². The third kappa shape index (κ3) is 2.65. The fraction of sp³-hybridized carbons (Fsp3) is 1.00. The molecule has 0 spiro atoms. The summed E-state index contributed by atoms with van der Waals surface area (Å²) in [6.07, 6.45) is 4.18. The zero-order chi connectivity index (χ0) is 9.80. The van der Waals surface area contributed by atoms with Crippen molar-refractivity contribution in [2.45, 2.75) is 38.3 Å². The molecule has 0 unspecified atom stereocenters. The predicted molar refractivity (Wildman–Crippen MR) is 64.0 cm³/mol. The van der Waals surface area contributed by atoms with Crippen molar-refractivity contribution in [2.24, 2.45) is 0 Å². The number of likely N-dealkylation sites (N-methyl/N-ethyl adjacent to an activating group) is 1. The average Bonchev–Trinajstić information content (AvgIpc) is 2.85. The first-order valence-electron chi connectivity index (χ1n) is 5.95. The maximum absolute atomic E-state index is 3.73. The Bertz CT molecular complexity index is 169. The highest BCUT2D eigenvalue weighted by molar-refractivity contribution is 7.99. The highest BCUT2D eigenvalue weighted by atomic mass is 32.2. The van der Waals surface area contributed by atoms with Crippen LogP contribution in [0.2, 0.25) is 0 Å². The molecule has 82 valence electrons. The lowest BCUT2D eigenvalue weighted by atomic mass is 10.2. The largest absolute Gasteiger partial charge is 0.312 e. The van der Waals surface area contributed by atoms with Gasteiger partial charge in [-0.05, 0) is 38.1 Å². The van der Waals surface area contributed by atoms with E-state index < -0.39 is 0 Å². The minimum atomic E-state index is 0.805. The Morgan fingerprint density at radius 1 is 1.43 bits per heavy atom. The van der Waals surface area contributed by atoms with Crippen LogP contribution >= 0.6 is 11.8 Å². The zero-order valence-corrected chi connectivity index (χ0v) is 9.98. The van der Waals surface area contributed by atoms with Crippen LogP contribution in [0.3, 0.4) is 0 Å². The van der Waals surface area contributed by atoms with E-state index in [1.807, 2.05) is 0 Å². The van der Waals surface area contributed by atoms with E-state index in [0.717, 1.165) is 12.1 Å². The van der Waals surface area contributed by atoms with Crippen molar-refractivity contribution in [3.05, 3.63) is 0 Å². The molecule has 2 saturated heterocycles. The summed E-state index contributed by atoms with van der Waals surface area (Å²) < 4.78 is 0. The lowest BCUT2D eigenvalue weighted by Crippen LogP contribution is -2.41. The van der Waals surface area contributed by atoms with Gasteiger partial charge in [-0.1, -0.05) is 6.92 Å². The van der Waals surface area contributed by atoms with Gasteiger partial charge in [-0.3, -0.25) is 4.90 Å². The molecule has 2 heterocycles. The van der Waals surface area contributed by atoms with Gasteiger partial charge >= 0.3 is 0 Å². The van der Waals surface area contributed by atoms with Crippen LogP contribution in [0.1, 0.15) is 26.2 Å². The number of likely N-dealkylation sites (tertiary alicyclic amines) is 1. The molecule has 1 N–H and O–H groups in total. The molecule has 2 nitrogen and oxygen atoms in total. The van der Waals surface area contributed by atoms with Gasteiger partial charge < -0.3 is 5.32 Å². The summed E-state index contributed by atoms with van der Waals surface area (Å²) in [5.74, 6) is 2.69. The number of hydrogen-bond donors (Lipinski definition) is 1. The summed E-state index contributed by atoms with van der Waals surface area (Å²) in [6, 6.07) is 1.63. The number of rotatable bonds is 4. The van der Waals surface area contributed by atoms with Crippen molar-refractivity contribution in [1.82, 2.24) is 10.2 Å². The van der Waals surface area contributed by atoms with E-state index in [4.69, 9.17) is 0 Å². The van der Waals surface area contributed by atoms with E-state index in [2.05, 4.69) is 28.9 Å². The Kier molecular flexibility index (Phi) is 4.14. The van der Waals surface area contributed by atoms with E-state index in [9.17, 15) is 0 Å². The topological polar surface area (TPSA) is 15.3 Å². The second-order valence-electron chi connectivity index (χ2n) is 4.39. The summed E-state index contributed by atoms with van der Waals surface area (Å²) in [7, 11) is 0. The third-order valence-corrected chi connectivity index (χ3v) is 4.64. The first-order valence-corrected chi connectivity index (χ1v) is 7.11. The van der Waals surface area contributed by atoms with Crippen LogP contribution in [0.25, 0.3) is 0 Å².